The summed E-state index contributed by atoms with van der Waals surface area (Å²) in [6.07, 6.45) is 0. The van der Waals surface area contributed by atoms with Gasteiger partial charge in [-0.25, -0.2) is 9.59 Å². The number of amides is 2. The molecule has 0 atom stereocenters. The van der Waals surface area contributed by atoms with E-state index in [1.54, 1.807) is 63.8 Å². The van der Waals surface area contributed by atoms with Gasteiger partial charge in [-0.05, 0) is 50.6 Å². The second-order valence-electron chi connectivity index (χ2n) is 7.91. The maximum atomic E-state index is 12.8. The third-order valence-electron chi connectivity index (χ3n) is 5.36. The molecule has 39 heavy (non-hydrogen) atoms. The van der Waals surface area contributed by atoms with Crippen molar-refractivity contribution >= 4 is 51.9 Å². The maximum absolute atomic E-state index is 12.8. The Balaban J connectivity index is 1.62. The molecule has 0 fully saturated rings. The predicted molar refractivity (Wildman–Crippen MR) is 145 cm³/mol. The Morgan fingerprint density at radius 2 is 1.69 bits per heavy atom. The van der Waals surface area contributed by atoms with E-state index in [1.807, 2.05) is 0 Å². The fourth-order valence-corrected chi connectivity index (χ4v) is 5.20. The molecule has 0 bridgehead atoms. The first-order valence-corrected chi connectivity index (χ1v) is 13.7. The predicted octanol–water partition coefficient (Wildman–Crippen LogP) is 3.21. The first-order valence-electron chi connectivity index (χ1n) is 11.9. The standard InChI is InChI=1S/C25H29N5O7S2/c1-6-36-23(33)19-14(3)20(24(34)37-7-2)39-22(19)27-18(31)13-38-25-29-28-17(30(25)4)12-26-21(32)15-8-10-16(35-5)11-9-15/h8-11H,6-7,12-13H2,1-5H3,(H,26,32)(H,27,31). The van der Waals surface area contributed by atoms with Crippen LogP contribution in [0.3, 0.4) is 0 Å². The number of anilines is 1. The quantitative estimate of drug-likeness (QED) is 0.243. The molecule has 0 aliphatic rings. The summed E-state index contributed by atoms with van der Waals surface area (Å²) in [7, 11) is 3.27. The molecule has 12 nitrogen and oxygen atoms in total. The van der Waals surface area contributed by atoms with Crippen molar-refractivity contribution in [1.29, 1.82) is 0 Å². The molecule has 0 aliphatic heterocycles. The van der Waals surface area contributed by atoms with Crippen LogP contribution in [-0.2, 0) is 27.9 Å². The Hall–Kier alpha value is -3.91. The minimum Gasteiger partial charge on any atom is -0.497 e. The van der Waals surface area contributed by atoms with E-state index in [1.165, 1.54) is 0 Å². The molecule has 0 radical (unpaired) electrons. The lowest BCUT2D eigenvalue weighted by Gasteiger charge is -2.08. The fourth-order valence-electron chi connectivity index (χ4n) is 3.36. The zero-order valence-electron chi connectivity index (χ0n) is 22.2. The van der Waals surface area contributed by atoms with Crippen LogP contribution in [0, 0.1) is 6.92 Å². The number of thiophene rings is 1. The van der Waals surface area contributed by atoms with Crippen LogP contribution in [-0.4, -0.2) is 64.6 Å². The summed E-state index contributed by atoms with van der Waals surface area (Å²) in [5, 5.41) is 14.3. The largest absolute Gasteiger partial charge is 0.497 e. The number of thioether (sulfide) groups is 1. The molecule has 1 aromatic carbocycles. The highest BCUT2D eigenvalue weighted by atomic mass is 32.2. The van der Waals surface area contributed by atoms with Crippen molar-refractivity contribution in [1.82, 2.24) is 20.1 Å². The lowest BCUT2D eigenvalue weighted by atomic mass is 10.1. The Bertz CT molecular complexity index is 1350. The molecule has 0 saturated heterocycles. The molecular weight excluding hydrogens is 546 g/mol. The highest BCUT2D eigenvalue weighted by molar-refractivity contribution is 7.99. The van der Waals surface area contributed by atoms with Gasteiger partial charge in [-0.15, -0.1) is 21.5 Å². The van der Waals surface area contributed by atoms with Gasteiger partial charge in [-0.3, -0.25) is 9.59 Å². The Kier molecular flexibility index (Phi) is 10.5. The van der Waals surface area contributed by atoms with Crippen LogP contribution in [0.5, 0.6) is 5.75 Å². The van der Waals surface area contributed by atoms with Crippen LogP contribution < -0.4 is 15.4 Å². The van der Waals surface area contributed by atoms with Gasteiger partial charge in [0, 0.05) is 12.6 Å². The summed E-state index contributed by atoms with van der Waals surface area (Å²) in [4.78, 5) is 50.2. The second-order valence-corrected chi connectivity index (χ2v) is 9.87. The van der Waals surface area contributed by atoms with Crippen molar-refractivity contribution in [2.45, 2.75) is 32.5 Å². The Morgan fingerprint density at radius 3 is 2.33 bits per heavy atom. The number of aromatic nitrogens is 3. The van der Waals surface area contributed by atoms with E-state index in [9.17, 15) is 19.2 Å². The number of esters is 2. The molecule has 0 unspecified atom stereocenters. The first-order chi connectivity index (χ1) is 18.7. The van der Waals surface area contributed by atoms with Gasteiger partial charge in [0.25, 0.3) is 5.91 Å². The summed E-state index contributed by atoms with van der Waals surface area (Å²) >= 11 is 2.09. The summed E-state index contributed by atoms with van der Waals surface area (Å²) in [6.45, 7) is 5.40. The molecule has 0 saturated carbocycles. The number of hydrogen-bond donors (Lipinski definition) is 2. The molecule has 3 aromatic rings. The van der Waals surface area contributed by atoms with Gasteiger partial charge >= 0.3 is 11.9 Å². The van der Waals surface area contributed by atoms with Crippen LogP contribution in [0.2, 0.25) is 0 Å². The molecule has 0 aliphatic carbocycles. The number of methoxy groups -OCH3 is 1. The topological polar surface area (TPSA) is 151 Å². The molecule has 0 spiro atoms. The average molecular weight is 576 g/mol. The van der Waals surface area contributed by atoms with E-state index in [-0.39, 0.29) is 46.9 Å². The monoisotopic (exact) mass is 575 g/mol. The van der Waals surface area contributed by atoms with Crippen LogP contribution in [0.25, 0.3) is 0 Å². The molecule has 2 amide bonds. The fraction of sp³-hybridized carbons (Fsp3) is 0.360. The van der Waals surface area contributed by atoms with Gasteiger partial charge < -0.3 is 29.4 Å². The number of ether oxygens (including phenoxy) is 3. The van der Waals surface area contributed by atoms with E-state index in [0.717, 1.165) is 23.1 Å². The molecule has 208 valence electrons. The first kappa shape index (κ1) is 29.6. The minimum atomic E-state index is -0.639. The number of benzene rings is 1. The average Bonchev–Trinajstić information content (AvgIpc) is 3.44. The maximum Gasteiger partial charge on any atom is 0.348 e. The molecule has 14 heteroatoms. The SMILES string of the molecule is CCOC(=O)c1sc(NC(=O)CSc2nnc(CNC(=O)c3ccc(OC)cc3)n2C)c(C(=O)OCC)c1C. The lowest BCUT2D eigenvalue weighted by molar-refractivity contribution is -0.113. The summed E-state index contributed by atoms with van der Waals surface area (Å²) in [5.41, 5.74) is 0.979. The Morgan fingerprint density at radius 1 is 1.03 bits per heavy atom. The Labute approximate surface area is 233 Å². The summed E-state index contributed by atoms with van der Waals surface area (Å²) in [5.74, 6) is -0.809. The van der Waals surface area contributed by atoms with Crippen LogP contribution in [0.4, 0.5) is 5.00 Å². The lowest BCUT2D eigenvalue weighted by Crippen LogP contribution is -2.24. The number of carbonyl (C=O) groups excluding carboxylic acids is 4. The number of nitrogens with zero attached hydrogens (tertiary/aromatic N) is 3. The smallest absolute Gasteiger partial charge is 0.348 e. The van der Waals surface area contributed by atoms with E-state index in [4.69, 9.17) is 14.2 Å². The van der Waals surface area contributed by atoms with Crippen molar-refractivity contribution in [2.24, 2.45) is 7.05 Å². The number of carbonyl (C=O) groups is 4. The second kappa shape index (κ2) is 13.8. The highest BCUT2D eigenvalue weighted by Gasteiger charge is 2.27. The van der Waals surface area contributed by atoms with Crippen LogP contribution in [0.1, 0.15) is 55.6 Å². The molecule has 2 aromatic heterocycles. The van der Waals surface area contributed by atoms with Crippen molar-refractivity contribution in [2.75, 3.05) is 31.4 Å². The zero-order chi connectivity index (χ0) is 28.5. The highest BCUT2D eigenvalue weighted by Crippen LogP contribution is 2.34. The minimum absolute atomic E-state index is 0.0435. The van der Waals surface area contributed by atoms with E-state index in [2.05, 4.69) is 20.8 Å². The van der Waals surface area contributed by atoms with E-state index >= 15 is 0 Å². The summed E-state index contributed by atoms with van der Waals surface area (Å²) in [6, 6.07) is 6.70. The summed E-state index contributed by atoms with van der Waals surface area (Å²) < 4.78 is 16.9. The van der Waals surface area contributed by atoms with E-state index < -0.39 is 17.8 Å². The van der Waals surface area contributed by atoms with Crippen molar-refractivity contribution in [3.63, 3.8) is 0 Å². The molecule has 2 N–H and O–H groups in total. The third kappa shape index (κ3) is 7.35. The van der Waals surface area contributed by atoms with Gasteiger partial charge in [0.2, 0.25) is 5.91 Å². The van der Waals surface area contributed by atoms with Crippen molar-refractivity contribution < 1.29 is 33.4 Å². The molecule has 3 rings (SSSR count). The van der Waals surface area contributed by atoms with Crippen LogP contribution in [0.15, 0.2) is 29.4 Å². The molecule has 2 heterocycles. The van der Waals surface area contributed by atoms with Gasteiger partial charge in [0.15, 0.2) is 11.0 Å². The van der Waals surface area contributed by atoms with Gasteiger partial charge in [0.05, 0.1) is 38.2 Å². The van der Waals surface area contributed by atoms with Crippen molar-refractivity contribution in [3.05, 3.63) is 51.7 Å². The molecular formula is C25H29N5O7S2. The van der Waals surface area contributed by atoms with E-state index in [0.29, 0.717) is 27.9 Å². The normalized spacial score (nSPS) is 10.6. The zero-order valence-corrected chi connectivity index (χ0v) is 23.8. The van der Waals surface area contributed by atoms with Crippen LogP contribution >= 0.6 is 23.1 Å². The number of hydrogen-bond acceptors (Lipinski definition) is 11. The third-order valence-corrected chi connectivity index (χ3v) is 7.56. The van der Waals surface area contributed by atoms with Crippen molar-refractivity contribution in [3.8, 4) is 5.75 Å². The van der Waals surface area contributed by atoms with Gasteiger partial charge in [-0.1, -0.05) is 11.8 Å². The number of rotatable bonds is 12. The number of nitrogens with one attached hydrogen (secondary N) is 2. The van der Waals surface area contributed by atoms with Gasteiger partial charge in [0.1, 0.15) is 15.6 Å². The van der Waals surface area contributed by atoms with Gasteiger partial charge in [-0.2, -0.15) is 0 Å².